The van der Waals surface area contributed by atoms with Crippen LogP contribution in [0.2, 0.25) is 0 Å². The van der Waals surface area contributed by atoms with Gasteiger partial charge in [0.05, 0.1) is 4.75 Å². The summed E-state index contributed by atoms with van der Waals surface area (Å²) >= 11 is 0. The highest BCUT2D eigenvalue weighted by Gasteiger charge is 2.32. The molecule has 1 fully saturated rings. The second kappa shape index (κ2) is 8.47. The number of nitrogens with zero attached hydrogens (tertiary/aromatic N) is 1. The third kappa shape index (κ3) is 4.46. The van der Waals surface area contributed by atoms with Crippen molar-refractivity contribution < 1.29 is 8.42 Å². The first kappa shape index (κ1) is 22.2. The Labute approximate surface area is 186 Å². The molecular weight excluding hydrogens is 406 g/mol. The highest BCUT2D eigenvalue weighted by atomic mass is 32.2. The van der Waals surface area contributed by atoms with Crippen LogP contribution in [0, 0.1) is 5.92 Å². The molecule has 0 spiro atoms. The molecule has 1 saturated carbocycles. The van der Waals surface area contributed by atoms with E-state index in [-0.39, 0.29) is 6.04 Å². The summed E-state index contributed by atoms with van der Waals surface area (Å²) in [7, 11) is -3.28. The molecule has 0 aliphatic heterocycles. The maximum Gasteiger partial charge on any atom is 0.216 e. The van der Waals surface area contributed by atoms with Gasteiger partial charge in [-0.2, -0.15) is 0 Å². The number of benzene rings is 2. The molecule has 0 unspecified atom stereocenters. The summed E-state index contributed by atoms with van der Waals surface area (Å²) < 4.78 is 29.4. The molecule has 2 aromatic carbocycles. The molecule has 6 heteroatoms. The number of sulfonamides is 1. The monoisotopic (exact) mass is 441 g/mol. The number of rotatable bonds is 6. The molecule has 0 bridgehead atoms. The minimum absolute atomic E-state index is 0.0667. The number of anilines is 1. The van der Waals surface area contributed by atoms with E-state index in [0.717, 1.165) is 44.5 Å². The standard InChI is InChI=1S/C25H35N3O2S/c1-5-28-23-9-7-6-8-21(23)22-16-20(14-15-24(22)28)26-17-18-10-12-19(13-11-18)27-31(29,30)25(2,3)4/h6-9,14-16,18-19,26-27H,5,10-13,17H2,1-4H3/t18-,19-. The third-order valence-electron chi connectivity index (χ3n) is 6.66. The van der Waals surface area contributed by atoms with Crippen molar-refractivity contribution in [3.63, 3.8) is 0 Å². The van der Waals surface area contributed by atoms with E-state index in [1.54, 1.807) is 20.8 Å². The van der Waals surface area contributed by atoms with Crippen LogP contribution in [0.1, 0.15) is 53.4 Å². The summed E-state index contributed by atoms with van der Waals surface area (Å²) in [6, 6.07) is 15.3. The SMILES string of the molecule is CCn1c2ccccc2c2cc(NC[C@H]3CC[C@H](NS(=O)(=O)C(C)(C)C)CC3)ccc21. The first-order chi connectivity index (χ1) is 14.7. The summed E-state index contributed by atoms with van der Waals surface area (Å²) in [4.78, 5) is 0. The third-order valence-corrected chi connectivity index (χ3v) is 8.91. The maximum absolute atomic E-state index is 12.4. The minimum Gasteiger partial charge on any atom is -0.385 e. The van der Waals surface area contributed by atoms with Crippen LogP contribution in [0.3, 0.4) is 0 Å². The molecule has 2 N–H and O–H groups in total. The number of nitrogens with one attached hydrogen (secondary N) is 2. The molecule has 4 rings (SSSR count). The number of aromatic nitrogens is 1. The molecule has 1 aromatic heterocycles. The van der Waals surface area contributed by atoms with Gasteiger partial charge in [-0.3, -0.25) is 0 Å². The number of fused-ring (bicyclic) bond motifs is 3. The van der Waals surface area contributed by atoms with Crippen molar-refractivity contribution in [2.45, 2.75) is 70.7 Å². The van der Waals surface area contributed by atoms with E-state index in [1.807, 2.05) is 0 Å². The summed E-state index contributed by atoms with van der Waals surface area (Å²) in [5.74, 6) is 0.572. The van der Waals surface area contributed by atoms with Crippen molar-refractivity contribution in [2.75, 3.05) is 11.9 Å². The summed E-state index contributed by atoms with van der Waals surface area (Å²) in [5.41, 5.74) is 3.72. The Morgan fingerprint density at radius 3 is 2.32 bits per heavy atom. The van der Waals surface area contributed by atoms with Gasteiger partial charge in [0.15, 0.2) is 0 Å². The lowest BCUT2D eigenvalue weighted by molar-refractivity contribution is 0.322. The fourth-order valence-electron chi connectivity index (χ4n) is 4.65. The average molecular weight is 442 g/mol. The fraction of sp³-hybridized carbons (Fsp3) is 0.520. The van der Waals surface area contributed by atoms with Gasteiger partial charge in [0.2, 0.25) is 10.0 Å². The molecule has 31 heavy (non-hydrogen) atoms. The normalized spacial score (nSPS) is 20.4. The van der Waals surface area contributed by atoms with Crippen LogP contribution in [0.4, 0.5) is 5.69 Å². The Bertz CT molecular complexity index is 1170. The Morgan fingerprint density at radius 1 is 0.968 bits per heavy atom. The molecule has 0 radical (unpaired) electrons. The smallest absolute Gasteiger partial charge is 0.216 e. The highest BCUT2D eigenvalue weighted by molar-refractivity contribution is 7.90. The second-order valence-corrected chi connectivity index (χ2v) is 12.3. The lowest BCUT2D eigenvalue weighted by atomic mass is 9.86. The topological polar surface area (TPSA) is 63.1 Å². The Kier molecular flexibility index (Phi) is 6.05. The molecule has 0 atom stereocenters. The maximum atomic E-state index is 12.4. The summed E-state index contributed by atoms with van der Waals surface area (Å²) in [6.07, 6.45) is 3.90. The van der Waals surface area contributed by atoms with Crippen molar-refractivity contribution in [3.05, 3.63) is 42.5 Å². The quantitative estimate of drug-likeness (QED) is 0.531. The molecule has 0 saturated heterocycles. The Hall–Kier alpha value is -2.05. The van der Waals surface area contributed by atoms with Crippen LogP contribution in [0.25, 0.3) is 21.8 Å². The van der Waals surface area contributed by atoms with E-state index in [4.69, 9.17) is 0 Å². The zero-order valence-electron chi connectivity index (χ0n) is 19.1. The predicted molar refractivity (Wildman–Crippen MR) is 131 cm³/mol. The van der Waals surface area contributed by atoms with E-state index >= 15 is 0 Å². The largest absolute Gasteiger partial charge is 0.385 e. The Balaban J connectivity index is 1.39. The van der Waals surface area contributed by atoms with E-state index < -0.39 is 14.8 Å². The predicted octanol–water partition coefficient (Wildman–Crippen LogP) is 5.50. The van der Waals surface area contributed by atoms with Gasteiger partial charge in [-0.1, -0.05) is 18.2 Å². The minimum atomic E-state index is -3.28. The van der Waals surface area contributed by atoms with Crippen molar-refractivity contribution in [3.8, 4) is 0 Å². The van der Waals surface area contributed by atoms with Crippen molar-refractivity contribution in [1.82, 2.24) is 9.29 Å². The van der Waals surface area contributed by atoms with Gasteiger partial charge in [-0.15, -0.1) is 0 Å². The molecule has 3 aromatic rings. The average Bonchev–Trinajstić information content (AvgIpc) is 3.05. The molecule has 1 heterocycles. The lowest BCUT2D eigenvalue weighted by Crippen LogP contribution is -2.46. The molecule has 1 aliphatic rings. The number of hydrogen-bond donors (Lipinski definition) is 2. The van der Waals surface area contributed by atoms with Gasteiger partial charge in [-0.25, -0.2) is 13.1 Å². The van der Waals surface area contributed by atoms with Crippen LogP contribution in [0.5, 0.6) is 0 Å². The number of hydrogen-bond acceptors (Lipinski definition) is 3. The van der Waals surface area contributed by atoms with Gasteiger partial charge in [-0.05, 0) is 83.6 Å². The molecule has 168 valence electrons. The van der Waals surface area contributed by atoms with Gasteiger partial charge < -0.3 is 9.88 Å². The van der Waals surface area contributed by atoms with Crippen molar-refractivity contribution in [1.29, 1.82) is 0 Å². The first-order valence-electron chi connectivity index (χ1n) is 11.5. The number of aryl methyl sites for hydroxylation is 1. The van der Waals surface area contributed by atoms with Crippen LogP contribution in [-0.2, 0) is 16.6 Å². The van der Waals surface area contributed by atoms with E-state index in [2.05, 4.69) is 64.0 Å². The number of para-hydroxylation sites is 1. The fourth-order valence-corrected chi connectivity index (χ4v) is 5.68. The lowest BCUT2D eigenvalue weighted by Gasteiger charge is -2.31. The van der Waals surface area contributed by atoms with Crippen LogP contribution >= 0.6 is 0 Å². The van der Waals surface area contributed by atoms with Gasteiger partial charge in [0, 0.05) is 46.6 Å². The molecular formula is C25H35N3O2S. The van der Waals surface area contributed by atoms with E-state index in [0.29, 0.717) is 5.92 Å². The molecule has 5 nitrogen and oxygen atoms in total. The zero-order chi connectivity index (χ0) is 22.2. The van der Waals surface area contributed by atoms with E-state index in [9.17, 15) is 8.42 Å². The van der Waals surface area contributed by atoms with Crippen molar-refractivity contribution in [2.24, 2.45) is 5.92 Å². The van der Waals surface area contributed by atoms with Gasteiger partial charge >= 0.3 is 0 Å². The van der Waals surface area contributed by atoms with Gasteiger partial charge in [0.25, 0.3) is 0 Å². The Morgan fingerprint density at radius 2 is 1.65 bits per heavy atom. The highest BCUT2D eigenvalue weighted by Crippen LogP contribution is 2.32. The van der Waals surface area contributed by atoms with Crippen LogP contribution in [0.15, 0.2) is 42.5 Å². The first-order valence-corrected chi connectivity index (χ1v) is 12.9. The van der Waals surface area contributed by atoms with Crippen LogP contribution < -0.4 is 10.0 Å². The van der Waals surface area contributed by atoms with Crippen molar-refractivity contribution >= 4 is 37.5 Å². The second-order valence-electron chi connectivity index (χ2n) is 9.83. The molecule has 0 amide bonds. The zero-order valence-corrected chi connectivity index (χ0v) is 19.9. The summed E-state index contributed by atoms with van der Waals surface area (Å²) in [5, 5.41) is 6.23. The summed E-state index contributed by atoms with van der Waals surface area (Å²) in [6.45, 7) is 9.32. The van der Waals surface area contributed by atoms with E-state index in [1.165, 1.54) is 21.8 Å². The van der Waals surface area contributed by atoms with Gasteiger partial charge in [0.1, 0.15) is 0 Å². The van der Waals surface area contributed by atoms with Crippen LogP contribution in [-0.4, -0.2) is 30.3 Å². The molecule has 1 aliphatic carbocycles.